The van der Waals surface area contributed by atoms with Crippen molar-refractivity contribution in [2.24, 2.45) is 0 Å². The van der Waals surface area contributed by atoms with E-state index in [0.29, 0.717) is 0 Å². The summed E-state index contributed by atoms with van der Waals surface area (Å²) in [7, 11) is 0. The van der Waals surface area contributed by atoms with Crippen molar-refractivity contribution in [1.29, 1.82) is 0 Å². The van der Waals surface area contributed by atoms with E-state index in [4.69, 9.17) is 0 Å². The molecule has 0 aliphatic rings. The van der Waals surface area contributed by atoms with Crippen LogP contribution in [-0.4, -0.2) is 48.4 Å². The predicted molar refractivity (Wildman–Crippen MR) is 42.9 cm³/mol. The number of carboxylic acid groups (broad SMARTS) is 1. The number of carbonyl (C=O) groups is 1. The minimum Gasteiger partial charge on any atom is -0.542 e. The maximum Gasteiger partial charge on any atom is 1.00 e. The molecule has 0 heterocycles. The average Bonchev–Trinajstić information content (AvgIpc) is 2.33. The maximum atomic E-state index is 12.7. The van der Waals surface area contributed by atoms with Crippen LogP contribution in [0.15, 0.2) is 0 Å². The van der Waals surface area contributed by atoms with Crippen molar-refractivity contribution in [3.8, 4) is 0 Å². The molecule has 28 heavy (non-hydrogen) atoms. The number of carbonyl (C=O) groups excluding carboxylic acids is 1. The van der Waals surface area contributed by atoms with Gasteiger partial charge in [0.25, 0.3) is 0 Å². The maximum absolute atomic E-state index is 12.7. The molecule has 0 bridgehead atoms. The van der Waals surface area contributed by atoms with Crippen LogP contribution in [0.25, 0.3) is 0 Å². The summed E-state index contributed by atoms with van der Waals surface area (Å²) >= 11 is 0. The van der Waals surface area contributed by atoms with Gasteiger partial charge in [0.05, 0.1) is 0 Å². The van der Waals surface area contributed by atoms with E-state index in [9.17, 15) is 75.8 Å². The molecule has 0 aliphatic heterocycles. The normalized spacial score (nSPS) is 15.2. The van der Waals surface area contributed by atoms with E-state index in [2.05, 4.69) is 0 Å². The molecule has 162 valence electrons. The first-order chi connectivity index (χ1) is 11.4. The Balaban J connectivity index is 0. The first-order valence-electron chi connectivity index (χ1n) is 5.31. The molecule has 20 heteroatoms. The first-order valence-corrected chi connectivity index (χ1v) is 5.31. The Morgan fingerprint density at radius 2 is 0.893 bits per heavy atom. The summed E-state index contributed by atoms with van der Waals surface area (Å²) in [5, 5.41) is 9.61. The van der Waals surface area contributed by atoms with Crippen LogP contribution in [0.4, 0.5) is 65.9 Å². The SMILES string of the molecule is O=C([O-])C(F)(F)OC(F)(F)C(F)(F)OC(F)(F)C(F)(F)C(F)(F)C(F)(F)F.[Na+]. The number of hydrogen-bond acceptors (Lipinski definition) is 4. The van der Waals surface area contributed by atoms with E-state index in [1.807, 2.05) is 0 Å². The van der Waals surface area contributed by atoms with Crippen molar-refractivity contribution >= 4 is 5.97 Å². The van der Waals surface area contributed by atoms with E-state index in [-0.39, 0.29) is 29.6 Å². The summed E-state index contributed by atoms with van der Waals surface area (Å²) in [6.07, 6.45) is -36.5. The molecule has 0 aromatic rings. The minimum atomic E-state index is -7.98. The second kappa shape index (κ2) is 7.88. The average molecular weight is 468 g/mol. The fourth-order valence-corrected chi connectivity index (χ4v) is 0.907. The topological polar surface area (TPSA) is 58.6 Å². The van der Waals surface area contributed by atoms with Gasteiger partial charge in [0.15, 0.2) is 0 Å². The van der Waals surface area contributed by atoms with E-state index in [1.165, 1.54) is 4.74 Å². The molecule has 0 fully saturated rings. The molecule has 0 aromatic carbocycles. The Morgan fingerprint density at radius 3 is 1.18 bits per heavy atom. The van der Waals surface area contributed by atoms with Crippen molar-refractivity contribution in [2.45, 2.75) is 42.5 Å². The summed E-state index contributed by atoms with van der Waals surface area (Å²) in [5.41, 5.74) is 0. The fourth-order valence-electron chi connectivity index (χ4n) is 0.907. The van der Waals surface area contributed by atoms with Gasteiger partial charge in [-0.15, -0.1) is 0 Å². The molecular weight excluding hydrogens is 468 g/mol. The van der Waals surface area contributed by atoms with Gasteiger partial charge in [-0.3, -0.25) is 0 Å². The van der Waals surface area contributed by atoms with E-state index in [1.54, 1.807) is 4.74 Å². The number of rotatable bonds is 8. The number of carboxylic acids is 1. The van der Waals surface area contributed by atoms with E-state index >= 15 is 0 Å². The van der Waals surface area contributed by atoms with Gasteiger partial charge in [0.2, 0.25) is 0 Å². The summed E-state index contributed by atoms with van der Waals surface area (Å²) in [6, 6.07) is 0. The van der Waals surface area contributed by atoms with Crippen LogP contribution in [0.1, 0.15) is 0 Å². The Morgan fingerprint density at radius 1 is 0.571 bits per heavy atom. The molecule has 0 aliphatic carbocycles. The molecule has 4 nitrogen and oxygen atoms in total. The second-order valence-corrected chi connectivity index (χ2v) is 4.21. The molecule has 0 N–H and O–H groups in total. The van der Waals surface area contributed by atoms with Gasteiger partial charge in [-0.1, -0.05) is 0 Å². The van der Waals surface area contributed by atoms with Gasteiger partial charge < -0.3 is 9.90 Å². The molecule has 0 atom stereocenters. The zero-order valence-electron chi connectivity index (χ0n) is 12.3. The van der Waals surface area contributed by atoms with Crippen LogP contribution in [0.2, 0.25) is 0 Å². The van der Waals surface area contributed by atoms with Gasteiger partial charge in [-0.25, -0.2) is 9.47 Å². The van der Waals surface area contributed by atoms with Crippen LogP contribution in [0, 0.1) is 0 Å². The molecule has 0 saturated carbocycles. The Labute approximate surface area is 163 Å². The summed E-state index contributed by atoms with van der Waals surface area (Å²) in [4.78, 5) is 9.61. The summed E-state index contributed by atoms with van der Waals surface area (Å²) < 4.78 is 188. The number of alkyl halides is 15. The summed E-state index contributed by atoms with van der Waals surface area (Å²) in [6.45, 7) is 0. The zero-order valence-corrected chi connectivity index (χ0v) is 14.3. The molecule has 0 amide bonds. The van der Waals surface area contributed by atoms with Crippen molar-refractivity contribution in [3.63, 3.8) is 0 Å². The van der Waals surface area contributed by atoms with Crippen molar-refractivity contribution in [3.05, 3.63) is 0 Å². The smallest absolute Gasteiger partial charge is 0.542 e. The van der Waals surface area contributed by atoms with Crippen molar-refractivity contribution < 1.29 is 115 Å². The molecule has 0 aromatic heterocycles. The summed E-state index contributed by atoms with van der Waals surface area (Å²) in [5.74, 6) is -19.8. The quantitative estimate of drug-likeness (QED) is 0.372. The monoisotopic (exact) mass is 468 g/mol. The number of ether oxygens (including phenoxy) is 2. The molecule has 0 rings (SSSR count). The second-order valence-electron chi connectivity index (χ2n) is 4.21. The third-order valence-electron chi connectivity index (χ3n) is 2.21. The first kappa shape index (κ1) is 29.5. The number of hydrogen-bond donors (Lipinski definition) is 0. The molecule has 0 spiro atoms. The fraction of sp³-hybridized carbons (Fsp3) is 0.875. The molecule has 0 saturated heterocycles. The largest absolute Gasteiger partial charge is 1.00 e. The van der Waals surface area contributed by atoms with Crippen molar-refractivity contribution in [1.82, 2.24) is 0 Å². The van der Waals surface area contributed by atoms with Gasteiger partial charge in [-0.05, 0) is 0 Å². The van der Waals surface area contributed by atoms with Gasteiger partial charge >= 0.3 is 72.0 Å². The van der Waals surface area contributed by atoms with Gasteiger partial charge in [-0.2, -0.15) is 65.9 Å². The van der Waals surface area contributed by atoms with E-state index < -0.39 is 48.4 Å². The van der Waals surface area contributed by atoms with E-state index in [0.717, 1.165) is 0 Å². The Bertz CT molecular complexity index is 571. The van der Waals surface area contributed by atoms with Crippen LogP contribution < -0.4 is 34.7 Å². The van der Waals surface area contributed by atoms with Crippen molar-refractivity contribution in [2.75, 3.05) is 0 Å². The van der Waals surface area contributed by atoms with Gasteiger partial charge in [0, 0.05) is 0 Å². The Kier molecular flexibility index (Phi) is 8.31. The van der Waals surface area contributed by atoms with Gasteiger partial charge in [0.1, 0.15) is 5.97 Å². The third-order valence-corrected chi connectivity index (χ3v) is 2.21. The zero-order chi connectivity index (χ0) is 22.5. The van der Waals surface area contributed by atoms with Crippen LogP contribution in [0.3, 0.4) is 0 Å². The standard InChI is InChI=1S/C8HF15O4.Na/c9-2(10,1(24)25)26-7(20,21)8(22,23)27-6(18,19)4(13,14)3(11,12)5(15,16)17;/h(H,24,25);/q;+1/p-1. The number of aliphatic carboxylic acids is 1. The molecular formula is C8F15NaO4. The minimum absolute atomic E-state index is 0. The molecule has 0 radical (unpaired) electrons. The third kappa shape index (κ3) is 5.28. The van der Waals surface area contributed by atoms with Crippen LogP contribution in [0.5, 0.6) is 0 Å². The van der Waals surface area contributed by atoms with Crippen LogP contribution >= 0.6 is 0 Å². The Hall–Kier alpha value is -0.660. The molecule has 0 unspecified atom stereocenters. The van der Waals surface area contributed by atoms with Crippen LogP contribution in [-0.2, 0) is 14.3 Å². The number of halogens is 15. The predicted octanol–water partition coefficient (Wildman–Crippen LogP) is -0.0224.